The largest absolute Gasteiger partial charge is 0.292 e. The minimum Gasteiger partial charge on any atom is -0.292 e. The zero-order valence-electron chi connectivity index (χ0n) is 9.86. The van der Waals surface area contributed by atoms with Crippen LogP contribution in [0.4, 0.5) is 0 Å². The molecule has 0 saturated heterocycles. The highest BCUT2D eigenvalue weighted by atomic mass is 79.9. The lowest BCUT2D eigenvalue weighted by atomic mass is 9.93. The van der Waals surface area contributed by atoms with Gasteiger partial charge >= 0.3 is 0 Å². The standard InChI is InChI=1S/C11H13BrN4O/c1-11(2,3)9-8(12)10(17)16(15-9)7-5-4-6-13-14-7/h4-6,15H,1-3H3. The second kappa shape index (κ2) is 4.10. The molecular weight excluding hydrogens is 284 g/mol. The summed E-state index contributed by atoms with van der Waals surface area (Å²) < 4.78 is 1.92. The average Bonchev–Trinajstić information content (AvgIpc) is 2.57. The Labute approximate surface area is 107 Å². The van der Waals surface area contributed by atoms with Gasteiger partial charge in [0.25, 0.3) is 5.56 Å². The van der Waals surface area contributed by atoms with E-state index in [1.165, 1.54) is 4.68 Å². The molecule has 0 radical (unpaired) electrons. The maximum atomic E-state index is 12.1. The number of aromatic amines is 1. The number of nitrogens with zero attached hydrogens (tertiary/aromatic N) is 3. The summed E-state index contributed by atoms with van der Waals surface area (Å²) in [4.78, 5) is 12.1. The van der Waals surface area contributed by atoms with Gasteiger partial charge in [-0.05, 0) is 28.1 Å². The minimum atomic E-state index is -0.157. The fourth-order valence-electron chi connectivity index (χ4n) is 1.49. The highest BCUT2D eigenvalue weighted by Crippen LogP contribution is 2.25. The first-order chi connectivity index (χ1) is 7.91. The Bertz CT molecular complexity index is 580. The quantitative estimate of drug-likeness (QED) is 0.876. The van der Waals surface area contributed by atoms with Crippen LogP contribution in [0.15, 0.2) is 27.6 Å². The number of rotatable bonds is 1. The van der Waals surface area contributed by atoms with Crippen molar-refractivity contribution in [3.8, 4) is 5.82 Å². The summed E-state index contributed by atoms with van der Waals surface area (Å²) in [7, 11) is 0. The van der Waals surface area contributed by atoms with Crippen molar-refractivity contribution >= 4 is 15.9 Å². The monoisotopic (exact) mass is 296 g/mol. The number of aromatic nitrogens is 4. The topological polar surface area (TPSA) is 63.6 Å². The summed E-state index contributed by atoms with van der Waals surface area (Å²) in [6.45, 7) is 6.10. The predicted octanol–water partition coefficient (Wildman–Crippen LogP) is 2.02. The fourth-order valence-corrected chi connectivity index (χ4v) is 2.35. The van der Waals surface area contributed by atoms with Crippen molar-refractivity contribution in [2.24, 2.45) is 0 Å². The molecule has 0 spiro atoms. The number of nitrogens with one attached hydrogen (secondary N) is 1. The Morgan fingerprint density at radius 3 is 2.59 bits per heavy atom. The van der Waals surface area contributed by atoms with Gasteiger partial charge in [0, 0.05) is 11.6 Å². The van der Waals surface area contributed by atoms with Crippen LogP contribution in [0.3, 0.4) is 0 Å². The van der Waals surface area contributed by atoms with Gasteiger partial charge in [0.2, 0.25) is 0 Å². The van der Waals surface area contributed by atoms with E-state index in [2.05, 4.69) is 31.2 Å². The lowest BCUT2D eigenvalue weighted by Gasteiger charge is -2.16. The molecule has 0 fully saturated rings. The molecule has 1 N–H and O–H groups in total. The molecule has 2 rings (SSSR count). The zero-order valence-corrected chi connectivity index (χ0v) is 11.4. The van der Waals surface area contributed by atoms with Crippen LogP contribution in [0.5, 0.6) is 0 Å². The van der Waals surface area contributed by atoms with Crippen LogP contribution in [0.1, 0.15) is 26.5 Å². The van der Waals surface area contributed by atoms with E-state index in [0.717, 1.165) is 5.69 Å². The van der Waals surface area contributed by atoms with Gasteiger partial charge in [-0.1, -0.05) is 20.8 Å². The molecule has 0 aromatic carbocycles. The molecule has 0 bridgehead atoms. The summed E-state index contributed by atoms with van der Waals surface area (Å²) in [5.41, 5.74) is 0.536. The van der Waals surface area contributed by atoms with Crippen LogP contribution in [-0.4, -0.2) is 20.0 Å². The molecular formula is C11H13BrN4O. The number of hydrogen-bond donors (Lipinski definition) is 1. The third kappa shape index (κ3) is 2.17. The van der Waals surface area contributed by atoms with Crippen molar-refractivity contribution in [3.05, 3.63) is 38.9 Å². The Balaban J connectivity index is 2.63. The van der Waals surface area contributed by atoms with Crippen LogP contribution >= 0.6 is 15.9 Å². The number of H-pyrrole nitrogens is 1. The molecule has 2 aromatic rings. The molecule has 0 unspecified atom stereocenters. The van der Waals surface area contributed by atoms with Gasteiger partial charge in [0.05, 0.1) is 5.69 Å². The van der Waals surface area contributed by atoms with E-state index in [1.54, 1.807) is 18.3 Å². The van der Waals surface area contributed by atoms with Gasteiger partial charge in [-0.2, -0.15) is 9.78 Å². The highest BCUT2D eigenvalue weighted by molar-refractivity contribution is 9.10. The molecule has 5 nitrogen and oxygen atoms in total. The van der Waals surface area contributed by atoms with E-state index in [1.807, 2.05) is 20.8 Å². The molecule has 0 aliphatic rings. The Morgan fingerprint density at radius 2 is 2.12 bits per heavy atom. The maximum Gasteiger partial charge on any atom is 0.287 e. The highest BCUT2D eigenvalue weighted by Gasteiger charge is 2.23. The van der Waals surface area contributed by atoms with Gasteiger partial charge in [-0.3, -0.25) is 9.89 Å². The number of hydrogen-bond acceptors (Lipinski definition) is 3. The van der Waals surface area contributed by atoms with E-state index < -0.39 is 0 Å². The van der Waals surface area contributed by atoms with Crippen LogP contribution in [-0.2, 0) is 5.41 Å². The average molecular weight is 297 g/mol. The lowest BCUT2D eigenvalue weighted by molar-refractivity contribution is 0.556. The van der Waals surface area contributed by atoms with Gasteiger partial charge in [0.15, 0.2) is 5.82 Å². The first-order valence-corrected chi connectivity index (χ1v) is 5.99. The van der Waals surface area contributed by atoms with Crippen LogP contribution < -0.4 is 5.56 Å². The Hall–Kier alpha value is -1.43. The van der Waals surface area contributed by atoms with E-state index in [9.17, 15) is 4.79 Å². The van der Waals surface area contributed by atoms with Crippen molar-refractivity contribution in [3.63, 3.8) is 0 Å². The predicted molar refractivity (Wildman–Crippen MR) is 68.4 cm³/mol. The van der Waals surface area contributed by atoms with Crippen LogP contribution in [0.2, 0.25) is 0 Å². The van der Waals surface area contributed by atoms with E-state index in [4.69, 9.17) is 0 Å². The Morgan fingerprint density at radius 1 is 1.41 bits per heavy atom. The van der Waals surface area contributed by atoms with Crippen molar-refractivity contribution in [1.29, 1.82) is 0 Å². The minimum absolute atomic E-state index is 0.147. The summed E-state index contributed by atoms with van der Waals surface area (Å²) in [5.74, 6) is 0.480. The molecule has 6 heteroatoms. The van der Waals surface area contributed by atoms with Crippen LogP contribution in [0.25, 0.3) is 5.82 Å². The number of halogens is 1. The normalized spacial score (nSPS) is 11.8. The SMILES string of the molecule is CC(C)(C)c1[nH]n(-c2cccnn2)c(=O)c1Br. The lowest BCUT2D eigenvalue weighted by Crippen LogP contribution is -2.16. The molecule has 0 saturated carbocycles. The van der Waals surface area contributed by atoms with E-state index >= 15 is 0 Å². The molecule has 0 amide bonds. The van der Waals surface area contributed by atoms with Crippen molar-refractivity contribution in [1.82, 2.24) is 20.0 Å². The van der Waals surface area contributed by atoms with Crippen molar-refractivity contribution < 1.29 is 0 Å². The smallest absolute Gasteiger partial charge is 0.287 e. The van der Waals surface area contributed by atoms with Gasteiger partial charge < -0.3 is 0 Å². The van der Waals surface area contributed by atoms with Crippen molar-refractivity contribution in [2.45, 2.75) is 26.2 Å². The first-order valence-electron chi connectivity index (χ1n) is 5.20. The van der Waals surface area contributed by atoms with Gasteiger partial charge in [-0.25, -0.2) is 0 Å². The summed E-state index contributed by atoms with van der Waals surface area (Å²) in [5, 5.41) is 10.7. The Kier molecular flexibility index (Phi) is 2.91. The fraction of sp³-hybridized carbons (Fsp3) is 0.364. The molecule has 0 atom stereocenters. The molecule has 90 valence electrons. The summed E-state index contributed by atoms with van der Waals surface area (Å²) in [6, 6.07) is 3.46. The second-order valence-corrected chi connectivity index (χ2v) is 5.57. The molecule has 2 aromatic heterocycles. The van der Waals surface area contributed by atoms with E-state index in [0.29, 0.717) is 10.3 Å². The maximum absolute atomic E-state index is 12.1. The first kappa shape index (κ1) is 12.0. The third-order valence-corrected chi connectivity index (χ3v) is 3.11. The molecule has 2 heterocycles. The van der Waals surface area contributed by atoms with Crippen LogP contribution in [0, 0.1) is 0 Å². The molecule has 17 heavy (non-hydrogen) atoms. The van der Waals surface area contributed by atoms with E-state index in [-0.39, 0.29) is 11.0 Å². The van der Waals surface area contributed by atoms with Gasteiger partial charge in [-0.15, -0.1) is 5.10 Å². The summed E-state index contributed by atoms with van der Waals surface area (Å²) >= 11 is 3.32. The van der Waals surface area contributed by atoms with Gasteiger partial charge in [0.1, 0.15) is 4.47 Å². The summed E-state index contributed by atoms with van der Waals surface area (Å²) in [6.07, 6.45) is 1.57. The zero-order chi connectivity index (χ0) is 12.6. The third-order valence-electron chi connectivity index (χ3n) is 2.37. The molecule has 0 aliphatic heterocycles. The van der Waals surface area contributed by atoms with Crippen molar-refractivity contribution in [2.75, 3.05) is 0 Å². The molecule has 0 aliphatic carbocycles. The second-order valence-electron chi connectivity index (χ2n) is 4.77.